The van der Waals surface area contributed by atoms with Crippen molar-refractivity contribution in [2.45, 2.75) is 45.3 Å². The molecule has 7 heteroatoms. The molecule has 5 nitrogen and oxygen atoms in total. The number of aliphatic hydroxyl groups excluding tert-OH is 1. The third-order valence-electron chi connectivity index (χ3n) is 4.79. The van der Waals surface area contributed by atoms with E-state index in [0.29, 0.717) is 6.42 Å². The van der Waals surface area contributed by atoms with Gasteiger partial charge in [0.1, 0.15) is 11.6 Å². The molecule has 1 fully saturated rings. The summed E-state index contributed by atoms with van der Waals surface area (Å²) in [6, 6.07) is 2.55. The predicted molar refractivity (Wildman–Crippen MR) is 87.8 cm³/mol. The Morgan fingerprint density at radius 3 is 2.84 bits per heavy atom. The summed E-state index contributed by atoms with van der Waals surface area (Å²) in [4.78, 5) is 14.1. The minimum Gasteiger partial charge on any atom is -0.391 e. The van der Waals surface area contributed by atoms with Crippen molar-refractivity contribution in [2.24, 2.45) is 0 Å². The zero-order valence-electron chi connectivity index (χ0n) is 14.2. The summed E-state index contributed by atoms with van der Waals surface area (Å²) in [5.74, 6) is -1.32. The Balaban J connectivity index is 1.77. The van der Waals surface area contributed by atoms with Crippen LogP contribution in [0.15, 0.2) is 18.2 Å². The van der Waals surface area contributed by atoms with Gasteiger partial charge >= 0.3 is 0 Å². The Morgan fingerprint density at radius 2 is 2.16 bits per heavy atom. The van der Waals surface area contributed by atoms with Gasteiger partial charge in [0.2, 0.25) is 5.91 Å². The van der Waals surface area contributed by atoms with Crippen molar-refractivity contribution in [1.82, 2.24) is 15.1 Å². The van der Waals surface area contributed by atoms with Crippen LogP contribution in [0.1, 0.15) is 41.4 Å². The maximum atomic E-state index is 14.1. The highest BCUT2D eigenvalue weighted by Gasteiger charge is 2.36. The average Bonchev–Trinajstić information content (AvgIpc) is 3.10. The zero-order valence-corrected chi connectivity index (χ0v) is 14.2. The Labute approximate surface area is 144 Å². The van der Waals surface area contributed by atoms with E-state index in [4.69, 9.17) is 0 Å². The minimum absolute atomic E-state index is 0.112. The first-order valence-electron chi connectivity index (χ1n) is 8.29. The number of likely N-dealkylation sites (tertiary alicyclic amines) is 1. The number of H-pyrrole nitrogens is 1. The van der Waals surface area contributed by atoms with Crippen molar-refractivity contribution in [3.8, 4) is 0 Å². The van der Waals surface area contributed by atoms with Gasteiger partial charge in [0.15, 0.2) is 0 Å². The molecule has 2 heterocycles. The number of aryl methyl sites for hydroxylation is 2. The Morgan fingerprint density at radius 1 is 1.40 bits per heavy atom. The van der Waals surface area contributed by atoms with Crippen molar-refractivity contribution < 1.29 is 18.7 Å². The number of aromatic nitrogens is 2. The van der Waals surface area contributed by atoms with E-state index in [1.807, 2.05) is 13.8 Å². The lowest BCUT2D eigenvalue weighted by atomic mass is 10.0. The van der Waals surface area contributed by atoms with Crippen LogP contribution < -0.4 is 0 Å². The third kappa shape index (κ3) is 3.56. The highest BCUT2D eigenvalue weighted by Crippen LogP contribution is 2.34. The average molecular weight is 349 g/mol. The molecule has 0 unspecified atom stereocenters. The van der Waals surface area contributed by atoms with Crippen LogP contribution in [0.5, 0.6) is 0 Å². The fourth-order valence-electron chi connectivity index (χ4n) is 3.47. The number of amides is 1. The molecule has 0 saturated carbocycles. The number of rotatable bonds is 4. The molecule has 25 heavy (non-hydrogen) atoms. The SMILES string of the molecule is Cc1n[nH]c(C)c1CCC(=O)N1C[C@H](O)C[C@@H]1c1cc(F)ccc1F. The minimum atomic E-state index is -0.742. The maximum Gasteiger partial charge on any atom is 0.223 e. The molecule has 1 saturated heterocycles. The van der Waals surface area contributed by atoms with E-state index < -0.39 is 23.8 Å². The molecule has 2 aromatic rings. The second kappa shape index (κ2) is 6.92. The lowest BCUT2D eigenvalue weighted by molar-refractivity contribution is -0.132. The molecule has 2 N–H and O–H groups in total. The molecular formula is C18H21F2N3O2. The number of hydrogen-bond donors (Lipinski definition) is 2. The van der Waals surface area contributed by atoms with Gasteiger partial charge in [-0.15, -0.1) is 0 Å². The zero-order chi connectivity index (χ0) is 18.1. The monoisotopic (exact) mass is 349 g/mol. The number of β-amino-alcohol motifs (C(OH)–C–C–N with tert-alkyl or cyclic N) is 1. The maximum absolute atomic E-state index is 14.1. The highest BCUT2D eigenvalue weighted by molar-refractivity contribution is 5.77. The van der Waals surface area contributed by atoms with Crippen LogP contribution in [0.4, 0.5) is 8.78 Å². The quantitative estimate of drug-likeness (QED) is 0.891. The van der Waals surface area contributed by atoms with Crippen LogP contribution in [0.25, 0.3) is 0 Å². The van der Waals surface area contributed by atoms with E-state index in [-0.39, 0.29) is 30.9 Å². The molecule has 0 spiro atoms. The van der Waals surface area contributed by atoms with E-state index in [2.05, 4.69) is 10.2 Å². The molecule has 1 aliphatic rings. The van der Waals surface area contributed by atoms with Crippen molar-refractivity contribution in [3.05, 3.63) is 52.3 Å². The second-order valence-corrected chi connectivity index (χ2v) is 6.53. The van der Waals surface area contributed by atoms with Gasteiger partial charge in [0.25, 0.3) is 0 Å². The van der Waals surface area contributed by atoms with Crippen molar-refractivity contribution in [2.75, 3.05) is 6.54 Å². The standard InChI is InChI=1S/C18H21F2N3O2/c1-10-14(11(2)22-21-10)4-6-18(25)23-9-13(24)8-17(23)15-7-12(19)3-5-16(15)20/h3,5,7,13,17,24H,4,6,8-9H2,1-2H3,(H,21,22)/t13-,17-/m1/s1. The van der Waals surface area contributed by atoms with Crippen LogP contribution in [0.2, 0.25) is 0 Å². The number of hydrogen-bond acceptors (Lipinski definition) is 3. The van der Waals surface area contributed by atoms with Gasteiger partial charge in [0, 0.05) is 24.2 Å². The van der Waals surface area contributed by atoms with E-state index in [0.717, 1.165) is 35.2 Å². The van der Waals surface area contributed by atoms with Gasteiger partial charge in [-0.05, 0) is 50.5 Å². The molecule has 0 aliphatic carbocycles. The summed E-state index contributed by atoms with van der Waals surface area (Å²) in [5.41, 5.74) is 2.86. The summed E-state index contributed by atoms with van der Waals surface area (Å²) in [5, 5.41) is 16.9. The second-order valence-electron chi connectivity index (χ2n) is 6.53. The van der Waals surface area contributed by atoms with Gasteiger partial charge in [-0.25, -0.2) is 8.78 Å². The lowest BCUT2D eigenvalue weighted by Gasteiger charge is -2.25. The summed E-state index contributed by atoms with van der Waals surface area (Å²) in [6.45, 7) is 3.89. The van der Waals surface area contributed by atoms with Gasteiger partial charge in [-0.3, -0.25) is 9.89 Å². The van der Waals surface area contributed by atoms with Gasteiger partial charge in [0.05, 0.1) is 17.8 Å². The third-order valence-corrected chi connectivity index (χ3v) is 4.79. The summed E-state index contributed by atoms with van der Waals surface area (Å²) in [7, 11) is 0. The summed E-state index contributed by atoms with van der Waals surface area (Å²) >= 11 is 0. The van der Waals surface area contributed by atoms with E-state index in [1.165, 1.54) is 4.90 Å². The highest BCUT2D eigenvalue weighted by atomic mass is 19.1. The first-order valence-corrected chi connectivity index (χ1v) is 8.29. The van der Waals surface area contributed by atoms with Gasteiger partial charge in [-0.2, -0.15) is 5.10 Å². The predicted octanol–water partition coefficient (Wildman–Crippen LogP) is 2.57. The smallest absolute Gasteiger partial charge is 0.223 e. The van der Waals surface area contributed by atoms with Crippen molar-refractivity contribution in [1.29, 1.82) is 0 Å². The Bertz CT molecular complexity index is 771. The molecule has 1 aromatic carbocycles. The van der Waals surface area contributed by atoms with Crippen molar-refractivity contribution >= 4 is 5.91 Å². The first kappa shape index (κ1) is 17.5. The van der Waals surface area contributed by atoms with Crippen LogP contribution in [0, 0.1) is 25.5 Å². The van der Waals surface area contributed by atoms with E-state index in [1.54, 1.807) is 0 Å². The lowest BCUT2D eigenvalue weighted by Crippen LogP contribution is -2.32. The molecule has 0 bridgehead atoms. The number of aliphatic hydroxyl groups is 1. The normalized spacial score (nSPS) is 20.3. The van der Waals surface area contributed by atoms with E-state index >= 15 is 0 Å². The van der Waals surface area contributed by atoms with Crippen LogP contribution in [0.3, 0.4) is 0 Å². The van der Waals surface area contributed by atoms with Crippen molar-refractivity contribution in [3.63, 3.8) is 0 Å². The first-order chi connectivity index (χ1) is 11.9. The van der Waals surface area contributed by atoms with Crippen LogP contribution in [-0.4, -0.2) is 38.8 Å². The van der Waals surface area contributed by atoms with Gasteiger partial charge < -0.3 is 10.0 Å². The number of carbonyl (C=O) groups excluding carboxylic acids is 1. The molecule has 1 amide bonds. The summed E-state index contributed by atoms with van der Waals surface area (Å²) < 4.78 is 27.6. The number of nitrogens with zero attached hydrogens (tertiary/aromatic N) is 2. The largest absolute Gasteiger partial charge is 0.391 e. The Kier molecular flexibility index (Phi) is 4.85. The fourth-order valence-corrected chi connectivity index (χ4v) is 3.47. The molecule has 134 valence electrons. The molecule has 2 atom stereocenters. The molecule has 1 aliphatic heterocycles. The molecule has 1 aromatic heterocycles. The number of halogens is 2. The molecule has 0 radical (unpaired) electrons. The topological polar surface area (TPSA) is 69.2 Å². The Hall–Kier alpha value is -2.28. The summed E-state index contributed by atoms with van der Waals surface area (Å²) in [6.07, 6.45) is 0.198. The number of nitrogens with one attached hydrogen (secondary N) is 1. The number of aromatic amines is 1. The van der Waals surface area contributed by atoms with E-state index in [9.17, 15) is 18.7 Å². The molecule has 3 rings (SSSR count). The fraction of sp³-hybridized carbons (Fsp3) is 0.444. The number of carbonyl (C=O) groups is 1. The van der Waals surface area contributed by atoms with Crippen LogP contribution in [-0.2, 0) is 11.2 Å². The van der Waals surface area contributed by atoms with Gasteiger partial charge in [-0.1, -0.05) is 0 Å². The van der Waals surface area contributed by atoms with Crippen LogP contribution >= 0.6 is 0 Å². The number of benzene rings is 1. The molecular weight excluding hydrogens is 328 g/mol.